The van der Waals surface area contributed by atoms with Crippen LogP contribution in [-0.2, 0) is 0 Å². The molecule has 0 bridgehead atoms. The lowest BCUT2D eigenvalue weighted by molar-refractivity contribution is 0.480. The largest absolute Gasteiger partial charge is 0.353 e. The van der Waals surface area contributed by atoms with E-state index >= 15 is 0 Å². The Kier molecular flexibility index (Phi) is 4.08. The molecule has 1 N–H and O–H groups in total. The van der Waals surface area contributed by atoms with Gasteiger partial charge in [0.25, 0.3) is 0 Å². The Morgan fingerprint density at radius 2 is 2.24 bits per heavy atom. The predicted octanol–water partition coefficient (Wildman–Crippen LogP) is 3.91. The van der Waals surface area contributed by atoms with Crippen LogP contribution in [0.25, 0.3) is 0 Å². The normalized spacial score (nSPS) is 17.1. The second-order valence-electron chi connectivity index (χ2n) is 5.38. The van der Waals surface area contributed by atoms with Crippen molar-refractivity contribution in [2.45, 2.75) is 71.4 Å². The maximum absolute atomic E-state index is 4.59. The van der Waals surface area contributed by atoms with Crippen molar-refractivity contribution in [1.82, 2.24) is 9.55 Å². The van der Waals surface area contributed by atoms with Gasteiger partial charge in [-0.2, -0.15) is 0 Å². The van der Waals surface area contributed by atoms with E-state index in [-0.39, 0.29) is 0 Å². The second-order valence-corrected chi connectivity index (χ2v) is 5.38. The third-order valence-corrected chi connectivity index (χ3v) is 3.46. The molecular weight excluding hydrogens is 210 g/mol. The van der Waals surface area contributed by atoms with Crippen molar-refractivity contribution in [2.24, 2.45) is 0 Å². The van der Waals surface area contributed by atoms with Crippen LogP contribution in [-0.4, -0.2) is 15.6 Å². The van der Waals surface area contributed by atoms with Crippen LogP contribution in [0.5, 0.6) is 0 Å². The van der Waals surface area contributed by atoms with Crippen LogP contribution in [0.4, 0.5) is 5.95 Å². The molecule has 0 saturated heterocycles. The van der Waals surface area contributed by atoms with Gasteiger partial charge >= 0.3 is 0 Å². The molecule has 0 radical (unpaired) electrons. The number of hydrogen-bond acceptors (Lipinski definition) is 2. The summed E-state index contributed by atoms with van der Waals surface area (Å²) in [5.74, 6) is 1.08. The zero-order valence-corrected chi connectivity index (χ0v) is 11.4. The molecule has 1 aliphatic rings. The summed E-state index contributed by atoms with van der Waals surface area (Å²) in [5, 5.41) is 3.53. The number of nitrogens with zero attached hydrogens (tertiary/aromatic N) is 2. The highest BCUT2D eigenvalue weighted by Crippen LogP contribution is 2.27. The third-order valence-electron chi connectivity index (χ3n) is 3.46. The molecule has 3 heteroatoms. The molecule has 1 saturated carbocycles. The zero-order valence-electron chi connectivity index (χ0n) is 11.4. The van der Waals surface area contributed by atoms with E-state index < -0.39 is 0 Å². The summed E-state index contributed by atoms with van der Waals surface area (Å²) in [7, 11) is 0. The number of rotatable bonds is 7. The molecule has 1 aliphatic carbocycles. The minimum absolute atomic E-state index is 0.559. The lowest BCUT2D eigenvalue weighted by atomic mass is 10.1. The number of unbranched alkanes of at least 4 members (excludes halogenated alkanes) is 2. The van der Waals surface area contributed by atoms with Gasteiger partial charge < -0.3 is 9.88 Å². The molecule has 1 unspecified atom stereocenters. The number of imidazole rings is 1. The molecule has 96 valence electrons. The molecule has 2 rings (SSSR count). The molecule has 0 aromatic carbocycles. The fourth-order valence-electron chi connectivity index (χ4n) is 2.20. The van der Waals surface area contributed by atoms with Crippen molar-refractivity contribution >= 4 is 5.95 Å². The van der Waals surface area contributed by atoms with Gasteiger partial charge in [-0.3, -0.25) is 0 Å². The molecule has 1 atom stereocenters. The van der Waals surface area contributed by atoms with Crippen molar-refractivity contribution in [1.29, 1.82) is 0 Å². The molecule has 1 aromatic heterocycles. The van der Waals surface area contributed by atoms with Crippen LogP contribution >= 0.6 is 0 Å². The topological polar surface area (TPSA) is 29.9 Å². The molecule has 1 aromatic rings. The summed E-state index contributed by atoms with van der Waals surface area (Å²) in [6, 6.07) is 1.24. The smallest absolute Gasteiger partial charge is 0.203 e. The summed E-state index contributed by atoms with van der Waals surface area (Å²) in [4.78, 5) is 4.59. The summed E-state index contributed by atoms with van der Waals surface area (Å²) < 4.78 is 2.32. The second kappa shape index (κ2) is 5.56. The number of nitrogens with one attached hydrogen (secondary N) is 1. The third kappa shape index (κ3) is 3.48. The lowest BCUT2D eigenvalue weighted by Gasteiger charge is -2.16. The van der Waals surface area contributed by atoms with Crippen LogP contribution in [0.3, 0.4) is 0 Å². The molecule has 1 heterocycles. The molecule has 3 nitrogen and oxygen atoms in total. The summed E-state index contributed by atoms with van der Waals surface area (Å²) in [6.45, 7) is 6.63. The fraction of sp³-hybridized carbons (Fsp3) is 0.786. The number of aromatic nitrogens is 2. The lowest BCUT2D eigenvalue weighted by Crippen LogP contribution is -2.12. The summed E-state index contributed by atoms with van der Waals surface area (Å²) in [6.07, 6.45) is 9.99. The average Bonchev–Trinajstić information content (AvgIpc) is 3.02. The van der Waals surface area contributed by atoms with Gasteiger partial charge in [0, 0.05) is 18.3 Å². The van der Waals surface area contributed by atoms with Crippen molar-refractivity contribution in [3.8, 4) is 0 Å². The fourth-order valence-corrected chi connectivity index (χ4v) is 2.20. The maximum atomic E-state index is 4.59. The van der Waals surface area contributed by atoms with E-state index in [0.717, 1.165) is 11.6 Å². The Labute approximate surface area is 105 Å². The molecule has 0 aliphatic heterocycles. The van der Waals surface area contributed by atoms with Crippen molar-refractivity contribution < 1.29 is 0 Å². The SMILES string of the molecule is CCCCCC(C)n1cc(C)nc1NC1CC1. The van der Waals surface area contributed by atoms with E-state index in [0.29, 0.717) is 12.1 Å². The monoisotopic (exact) mass is 235 g/mol. The molecule has 0 amide bonds. The number of aryl methyl sites for hydroxylation is 1. The average molecular weight is 235 g/mol. The van der Waals surface area contributed by atoms with Gasteiger partial charge in [0.2, 0.25) is 5.95 Å². The van der Waals surface area contributed by atoms with Crippen LogP contribution in [0, 0.1) is 6.92 Å². The van der Waals surface area contributed by atoms with Crippen molar-refractivity contribution in [2.75, 3.05) is 5.32 Å². The maximum Gasteiger partial charge on any atom is 0.203 e. The van der Waals surface area contributed by atoms with Crippen molar-refractivity contribution in [3.63, 3.8) is 0 Å². The Morgan fingerprint density at radius 3 is 2.88 bits per heavy atom. The van der Waals surface area contributed by atoms with E-state index in [2.05, 4.69) is 41.8 Å². The Balaban J connectivity index is 1.96. The standard InChI is InChI=1S/C14H25N3/c1-4-5-6-7-12(3)17-10-11(2)15-14(17)16-13-8-9-13/h10,12-13H,4-9H2,1-3H3,(H,15,16). The van der Waals surface area contributed by atoms with Crippen LogP contribution < -0.4 is 5.32 Å². The van der Waals surface area contributed by atoms with E-state index in [1.54, 1.807) is 0 Å². The first kappa shape index (κ1) is 12.5. The first-order valence-electron chi connectivity index (χ1n) is 7.02. The highest BCUT2D eigenvalue weighted by molar-refractivity contribution is 5.32. The van der Waals surface area contributed by atoms with Gasteiger partial charge in [0.1, 0.15) is 0 Å². The number of hydrogen-bond donors (Lipinski definition) is 1. The van der Waals surface area contributed by atoms with Gasteiger partial charge in [0.15, 0.2) is 0 Å². The van der Waals surface area contributed by atoms with Crippen LogP contribution in [0.2, 0.25) is 0 Å². The minimum Gasteiger partial charge on any atom is -0.353 e. The Morgan fingerprint density at radius 1 is 1.47 bits per heavy atom. The quantitative estimate of drug-likeness (QED) is 0.726. The van der Waals surface area contributed by atoms with Gasteiger partial charge in [-0.05, 0) is 33.1 Å². The highest BCUT2D eigenvalue weighted by Gasteiger charge is 2.23. The zero-order chi connectivity index (χ0) is 12.3. The van der Waals surface area contributed by atoms with Gasteiger partial charge in [-0.25, -0.2) is 4.98 Å². The highest BCUT2D eigenvalue weighted by atomic mass is 15.2. The molecule has 1 fully saturated rings. The van der Waals surface area contributed by atoms with E-state index in [4.69, 9.17) is 0 Å². The minimum atomic E-state index is 0.559. The van der Waals surface area contributed by atoms with Gasteiger partial charge in [-0.15, -0.1) is 0 Å². The molecule has 0 spiro atoms. The van der Waals surface area contributed by atoms with Crippen LogP contribution in [0.1, 0.15) is 64.1 Å². The van der Waals surface area contributed by atoms with E-state index in [1.807, 2.05) is 0 Å². The van der Waals surface area contributed by atoms with Gasteiger partial charge in [0.05, 0.1) is 5.69 Å². The molecule has 17 heavy (non-hydrogen) atoms. The Hall–Kier alpha value is -0.990. The first-order chi connectivity index (χ1) is 8.20. The van der Waals surface area contributed by atoms with E-state index in [1.165, 1.54) is 38.5 Å². The summed E-state index contributed by atoms with van der Waals surface area (Å²) >= 11 is 0. The summed E-state index contributed by atoms with van der Waals surface area (Å²) in [5.41, 5.74) is 1.12. The Bertz CT molecular complexity index is 352. The number of anilines is 1. The van der Waals surface area contributed by atoms with E-state index in [9.17, 15) is 0 Å². The van der Waals surface area contributed by atoms with Gasteiger partial charge in [-0.1, -0.05) is 26.2 Å². The van der Waals surface area contributed by atoms with Crippen LogP contribution in [0.15, 0.2) is 6.20 Å². The molecular formula is C14H25N3. The van der Waals surface area contributed by atoms with Crippen molar-refractivity contribution in [3.05, 3.63) is 11.9 Å². The first-order valence-corrected chi connectivity index (χ1v) is 7.02. The predicted molar refractivity (Wildman–Crippen MR) is 72.5 cm³/mol.